The molecule has 31 heavy (non-hydrogen) atoms. The molecule has 0 spiro atoms. The zero-order valence-electron chi connectivity index (χ0n) is 18.4. The summed E-state index contributed by atoms with van der Waals surface area (Å²) in [4.78, 5) is 4.52. The first-order valence-electron chi connectivity index (χ1n) is 10.6. The summed E-state index contributed by atoms with van der Waals surface area (Å²) in [5.41, 5.74) is 10.9. The van der Waals surface area contributed by atoms with Crippen molar-refractivity contribution >= 4 is 11.0 Å². The minimum atomic E-state index is 1.14. The van der Waals surface area contributed by atoms with E-state index in [4.69, 9.17) is 0 Å². The second-order valence-corrected chi connectivity index (χ2v) is 8.20. The number of hydrogen-bond donors (Lipinski definition) is 0. The largest absolute Gasteiger partial charge is 0.296 e. The van der Waals surface area contributed by atoms with Gasteiger partial charge in [0.2, 0.25) is 0 Å². The zero-order chi connectivity index (χ0) is 21.5. The van der Waals surface area contributed by atoms with Gasteiger partial charge in [-0.1, -0.05) is 48.5 Å². The first-order chi connectivity index (χ1) is 15.1. The van der Waals surface area contributed by atoms with Crippen LogP contribution in [0, 0.1) is 20.8 Å². The van der Waals surface area contributed by atoms with E-state index in [1.807, 2.05) is 12.4 Å². The van der Waals surface area contributed by atoms with Crippen LogP contribution in [0.1, 0.15) is 16.7 Å². The third-order valence-electron chi connectivity index (χ3n) is 6.27. The number of aryl methyl sites for hydroxylation is 3. The van der Waals surface area contributed by atoms with Crippen molar-refractivity contribution in [2.75, 3.05) is 0 Å². The van der Waals surface area contributed by atoms with E-state index < -0.39 is 0 Å². The van der Waals surface area contributed by atoms with Crippen molar-refractivity contribution in [2.24, 2.45) is 7.05 Å². The molecule has 152 valence electrons. The van der Waals surface area contributed by atoms with Gasteiger partial charge in [0.1, 0.15) is 5.69 Å². The van der Waals surface area contributed by atoms with Crippen LogP contribution in [0.2, 0.25) is 0 Å². The van der Waals surface area contributed by atoms with E-state index in [1.165, 1.54) is 44.5 Å². The van der Waals surface area contributed by atoms with Gasteiger partial charge in [-0.3, -0.25) is 4.98 Å². The van der Waals surface area contributed by atoms with Crippen LogP contribution in [-0.4, -0.2) is 9.55 Å². The third kappa shape index (κ3) is 3.14. The van der Waals surface area contributed by atoms with E-state index in [0.717, 1.165) is 11.4 Å². The normalized spacial score (nSPS) is 11.2. The Balaban J connectivity index is 1.80. The molecule has 5 aromatic rings. The molecule has 2 aromatic heterocycles. The second kappa shape index (κ2) is 7.51. The summed E-state index contributed by atoms with van der Waals surface area (Å²) in [7, 11) is 2.14. The Morgan fingerprint density at radius 1 is 0.742 bits per heavy atom. The predicted molar refractivity (Wildman–Crippen MR) is 127 cm³/mol. The van der Waals surface area contributed by atoms with Crippen LogP contribution in [0.15, 0.2) is 85.2 Å². The van der Waals surface area contributed by atoms with Crippen LogP contribution in [0.3, 0.4) is 0 Å². The van der Waals surface area contributed by atoms with E-state index in [-0.39, 0.29) is 0 Å². The van der Waals surface area contributed by atoms with Crippen molar-refractivity contribution < 1.29 is 4.57 Å². The Morgan fingerprint density at radius 2 is 1.48 bits per heavy atom. The maximum Gasteiger partial charge on any atom is 0.296 e. The minimum Gasteiger partial charge on any atom is -0.263 e. The molecular weight excluding hydrogens is 378 g/mol. The van der Waals surface area contributed by atoms with Gasteiger partial charge in [-0.2, -0.15) is 4.57 Å². The number of fused-ring (bicyclic) bond motifs is 1. The van der Waals surface area contributed by atoms with E-state index in [9.17, 15) is 0 Å². The lowest BCUT2D eigenvalue weighted by molar-refractivity contribution is -0.633. The Hall–Kier alpha value is -3.72. The first kappa shape index (κ1) is 19.3. The van der Waals surface area contributed by atoms with Gasteiger partial charge < -0.3 is 0 Å². The maximum absolute atomic E-state index is 4.52. The lowest BCUT2D eigenvalue weighted by atomic mass is 10.0. The number of rotatable bonds is 3. The van der Waals surface area contributed by atoms with Gasteiger partial charge in [0.05, 0.1) is 12.6 Å². The number of para-hydroxylation sites is 2. The predicted octanol–water partition coefficient (Wildman–Crippen LogP) is 6.11. The maximum atomic E-state index is 4.52. The number of imidazole rings is 1. The van der Waals surface area contributed by atoms with Crippen molar-refractivity contribution in [1.29, 1.82) is 0 Å². The Bertz CT molecular complexity index is 1410. The molecule has 0 N–H and O–H groups in total. The molecule has 5 rings (SSSR count). The molecule has 0 radical (unpaired) electrons. The highest BCUT2D eigenvalue weighted by molar-refractivity contribution is 5.80. The standard InChI is InChI=1S/C28H26N3/c1-19-16-23(22-10-6-5-7-11-22)14-15-25(19)31-27-13-9-8-12-26(27)30(4)28(31)24-18-29-17-20(2)21(24)3/h5-18H,1-4H3/q+1. The van der Waals surface area contributed by atoms with E-state index in [2.05, 4.69) is 115 Å². The first-order valence-corrected chi connectivity index (χ1v) is 10.6. The molecule has 0 aliphatic rings. The topological polar surface area (TPSA) is 21.7 Å². The summed E-state index contributed by atoms with van der Waals surface area (Å²) < 4.78 is 4.66. The third-order valence-corrected chi connectivity index (χ3v) is 6.27. The molecular formula is C28H26N3+. The molecule has 3 nitrogen and oxygen atoms in total. The molecule has 0 fully saturated rings. The molecule has 0 unspecified atom stereocenters. The highest BCUT2D eigenvalue weighted by Gasteiger charge is 2.28. The van der Waals surface area contributed by atoms with E-state index in [0.29, 0.717) is 0 Å². The monoisotopic (exact) mass is 404 g/mol. The zero-order valence-corrected chi connectivity index (χ0v) is 18.4. The molecule has 0 saturated carbocycles. The van der Waals surface area contributed by atoms with Crippen LogP contribution in [0.4, 0.5) is 0 Å². The van der Waals surface area contributed by atoms with Crippen molar-refractivity contribution in [3.8, 4) is 28.2 Å². The molecule has 3 heteroatoms. The summed E-state index contributed by atoms with van der Waals surface area (Å²) in [6, 6.07) is 25.9. The van der Waals surface area contributed by atoms with Gasteiger partial charge in [-0.25, -0.2) is 4.57 Å². The molecule has 0 saturated heterocycles. The molecule has 0 bridgehead atoms. The van der Waals surface area contributed by atoms with Crippen molar-refractivity contribution in [3.05, 3.63) is 102 Å². The van der Waals surface area contributed by atoms with Gasteiger partial charge in [0.25, 0.3) is 5.82 Å². The Morgan fingerprint density at radius 3 is 2.26 bits per heavy atom. The molecule has 0 aliphatic carbocycles. The molecule has 0 aliphatic heterocycles. The fraction of sp³-hybridized carbons (Fsp3) is 0.143. The van der Waals surface area contributed by atoms with E-state index in [1.54, 1.807) is 0 Å². The van der Waals surface area contributed by atoms with Crippen molar-refractivity contribution in [3.63, 3.8) is 0 Å². The molecule has 0 amide bonds. The number of nitrogens with zero attached hydrogens (tertiary/aromatic N) is 3. The smallest absolute Gasteiger partial charge is 0.263 e. The summed E-state index contributed by atoms with van der Waals surface area (Å²) >= 11 is 0. The average molecular weight is 405 g/mol. The van der Waals surface area contributed by atoms with Crippen molar-refractivity contribution in [1.82, 2.24) is 9.55 Å². The summed E-state index contributed by atoms with van der Waals surface area (Å²) in [6.45, 7) is 6.50. The number of pyridine rings is 1. The quantitative estimate of drug-likeness (QED) is 0.333. The van der Waals surface area contributed by atoms with E-state index >= 15 is 0 Å². The number of hydrogen-bond acceptors (Lipinski definition) is 1. The Kier molecular flexibility index (Phi) is 4.67. The van der Waals surface area contributed by atoms with Gasteiger partial charge in [0, 0.05) is 12.4 Å². The van der Waals surface area contributed by atoms with Crippen LogP contribution in [-0.2, 0) is 7.05 Å². The van der Waals surface area contributed by atoms with Gasteiger partial charge in [0.15, 0.2) is 11.0 Å². The van der Waals surface area contributed by atoms with Crippen LogP contribution < -0.4 is 4.57 Å². The minimum absolute atomic E-state index is 1.14. The molecule has 2 heterocycles. The lowest BCUT2D eigenvalue weighted by Crippen LogP contribution is -2.30. The van der Waals surface area contributed by atoms with Crippen LogP contribution in [0.5, 0.6) is 0 Å². The lowest BCUT2D eigenvalue weighted by Gasteiger charge is -2.11. The van der Waals surface area contributed by atoms with Gasteiger partial charge in [-0.15, -0.1) is 0 Å². The summed E-state index contributed by atoms with van der Waals surface area (Å²) in [5.74, 6) is 1.14. The van der Waals surface area contributed by atoms with Crippen LogP contribution >= 0.6 is 0 Å². The van der Waals surface area contributed by atoms with Gasteiger partial charge in [-0.05, 0) is 72.9 Å². The van der Waals surface area contributed by atoms with Crippen LogP contribution in [0.25, 0.3) is 39.2 Å². The SMILES string of the molecule is Cc1cc(-c2ccccc2)ccc1-n1c(-c2cncc(C)c2C)[n+](C)c2ccccc21. The Labute approximate surface area is 183 Å². The fourth-order valence-electron chi connectivity index (χ4n) is 4.43. The van der Waals surface area contributed by atoms with Crippen molar-refractivity contribution in [2.45, 2.75) is 20.8 Å². The highest BCUT2D eigenvalue weighted by atomic mass is 15.2. The summed E-state index contributed by atoms with van der Waals surface area (Å²) in [6.07, 6.45) is 3.92. The summed E-state index contributed by atoms with van der Waals surface area (Å²) in [5, 5.41) is 0. The number of aromatic nitrogens is 3. The fourth-order valence-corrected chi connectivity index (χ4v) is 4.43. The second-order valence-electron chi connectivity index (χ2n) is 8.20. The number of benzene rings is 3. The highest BCUT2D eigenvalue weighted by Crippen LogP contribution is 2.32. The van der Waals surface area contributed by atoms with Gasteiger partial charge >= 0.3 is 0 Å². The molecule has 3 aromatic carbocycles. The molecule has 0 atom stereocenters. The average Bonchev–Trinajstić information content (AvgIpc) is 3.08.